The zero-order chi connectivity index (χ0) is 11.1. The molecule has 3 rings (SSSR count). The number of nitrogens with zero attached hydrogens (tertiary/aromatic N) is 2. The largest absolute Gasteiger partial charge is 0.298 e. The Balaban J connectivity index is 2.73. The molecule has 16 heavy (non-hydrogen) atoms. The third-order valence-electron chi connectivity index (χ3n) is 2.51. The van der Waals surface area contributed by atoms with E-state index in [4.69, 9.17) is 0 Å². The van der Waals surface area contributed by atoms with Crippen LogP contribution in [0.3, 0.4) is 0 Å². The van der Waals surface area contributed by atoms with E-state index < -0.39 is 11.4 Å². The predicted octanol–water partition coefficient (Wildman–Crippen LogP) is 1.99. The van der Waals surface area contributed by atoms with Gasteiger partial charge in [0.2, 0.25) is 0 Å². The van der Waals surface area contributed by atoms with Crippen LogP contribution in [0.1, 0.15) is 0 Å². The molecule has 0 spiro atoms. The molecule has 1 aromatic carbocycles. The van der Waals surface area contributed by atoms with E-state index in [1.165, 1.54) is 12.1 Å². The first-order chi connectivity index (χ1) is 7.77. The highest BCUT2D eigenvalue weighted by Crippen LogP contribution is 2.14. The van der Waals surface area contributed by atoms with Crippen LogP contribution in [-0.4, -0.2) is 9.38 Å². The van der Waals surface area contributed by atoms with Gasteiger partial charge in [0.1, 0.15) is 11.5 Å². The standard InChI is InChI=1S/C12H7FN2O/c13-9-5-3-4-8-11(9)15-7-2-1-6-10(15)14-12(8)16/h1-7H. The number of hydrogen-bond acceptors (Lipinski definition) is 2. The zero-order valence-electron chi connectivity index (χ0n) is 8.22. The van der Waals surface area contributed by atoms with Gasteiger partial charge in [-0.05, 0) is 24.3 Å². The van der Waals surface area contributed by atoms with E-state index in [1.807, 2.05) is 0 Å². The summed E-state index contributed by atoms with van der Waals surface area (Å²) in [6, 6.07) is 9.62. The normalized spacial score (nSPS) is 11.1. The summed E-state index contributed by atoms with van der Waals surface area (Å²) in [5.41, 5.74) is 0.323. The summed E-state index contributed by atoms with van der Waals surface area (Å²) in [7, 11) is 0. The highest BCUT2D eigenvalue weighted by Gasteiger charge is 2.08. The van der Waals surface area contributed by atoms with Crippen molar-refractivity contribution in [1.82, 2.24) is 9.38 Å². The monoisotopic (exact) mass is 214 g/mol. The summed E-state index contributed by atoms with van der Waals surface area (Å²) in [5.74, 6) is -0.418. The van der Waals surface area contributed by atoms with E-state index in [1.54, 1.807) is 34.9 Å². The lowest BCUT2D eigenvalue weighted by Crippen LogP contribution is -2.11. The van der Waals surface area contributed by atoms with Crippen molar-refractivity contribution in [2.24, 2.45) is 0 Å². The van der Waals surface area contributed by atoms with Gasteiger partial charge in [-0.3, -0.25) is 9.20 Å². The summed E-state index contributed by atoms with van der Waals surface area (Å²) in [5, 5.41) is 0.295. The first kappa shape index (κ1) is 9.03. The summed E-state index contributed by atoms with van der Waals surface area (Å²) in [6.07, 6.45) is 1.69. The van der Waals surface area contributed by atoms with Gasteiger partial charge in [-0.2, -0.15) is 4.98 Å². The number of benzene rings is 1. The maximum atomic E-state index is 13.7. The average molecular weight is 214 g/mol. The maximum Gasteiger partial charge on any atom is 0.281 e. The van der Waals surface area contributed by atoms with Gasteiger partial charge < -0.3 is 0 Å². The van der Waals surface area contributed by atoms with E-state index in [9.17, 15) is 9.18 Å². The second-order valence-electron chi connectivity index (χ2n) is 3.48. The van der Waals surface area contributed by atoms with E-state index in [0.29, 0.717) is 11.0 Å². The van der Waals surface area contributed by atoms with Gasteiger partial charge >= 0.3 is 0 Å². The Morgan fingerprint density at radius 2 is 2.00 bits per heavy atom. The third-order valence-corrected chi connectivity index (χ3v) is 2.51. The number of halogens is 1. The van der Waals surface area contributed by atoms with Gasteiger partial charge in [-0.1, -0.05) is 12.1 Å². The Bertz CT molecular complexity index is 749. The second kappa shape index (κ2) is 3.13. The Hall–Kier alpha value is -2.23. The fraction of sp³-hybridized carbons (Fsp3) is 0. The maximum absolute atomic E-state index is 13.7. The highest BCUT2D eigenvalue weighted by atomic mass is 19.1. The van der Waals surface area contributed by atoms with Crippen LogP contribution >= 0.6 is 0 Å². The second-order valence-corrected chi connectivity index (χ2v) is 3.48. The van der Waals surface area contributed by atoms with E-state index in [-0.39, 0.29) is 5.52 Å². The van der Waals surface area contributed by atoms with Crippen LogP contribution in [0.2, 0.25) is 0 Å². The Kier molecular flexibility index (Phi) is 1.77. The lowest BCUT2D eigenvalue weighted by molar-refractivity contribution is 0.635. The van der Waals surface area contributed by atoms with Crippen LogP contribution in [0.4, 0.5) is 4.39 Å². The molecule has 2 heterocycles. The average Bonchev–Trinajstić information content (AvgIpc) is 2.30. The fourth-order valence-electron chi connectivity index (χ4n) is 1.81. The van der Waals surface area contributed by atoms with Gasteiger partial charge in [-0.25, -0.2) is 4.39 Å². The molecule has 0 saturated heterocycles. The van der Waals surface area contributed by atoms with Crippen molar-refractivity contribution >= 4 is 16.6 Å². The van der Waals surface area contributed by atoms with Gasteiger partial charge in [0.15, 0.2) is 0 Å². The molecular weight excluding hydrogens is 207 g/mol. The molecule has 0 bridgehead atoms. The van der Waals surface area contributed by atoms with E-state index in [0.717, 1.165) is 0 Å². The van der Waals surface area contributed by atoms with Gasteiger partial charge in [0.05, 0.1) is 10.9 Å². The molecule has 0 aliphatic carbocycles. The molecule has 2 aromatic heterocycles. The van der Waals surface area contributed by atoms with Crippen molar-refractivity contribution in [3.8, 4) is 0 Å². The van der Waals surface area contributed by atoms with Gasteiger partial charge in [0, 0.05) is 6.20 Å². The Morgan fingerprint density at radius 1 is 1.12 bits per heavy atom. The Morgan fingerprint density at radius 3 is 2.88 bits per heavy atom. The topological polar surface area (TPSA) is 34.4 Å². The van der Waals surface area contributed by atoms with Crippen LogP contribution in [0.25, 0.3) is 16.6 Å². The fourth-order valence-corrected chi connectivity index (χ4v) is 1.81. The molecule has 3 aromatic rings. The summed E-state index contributed by atoms with van der Waals surface area (Å²) < 4.78 is 15.3. The van der Waals surface area contributed by atoms with Crippen LogP contribution < -0.4 is 5.56 Å². The highest BCUT2D eigenvalue weighted by molar-refractivity contribution is 5.80. The number of aromatic nitrogens is 2. The van der Waals surface area contributed by atoms with Crippen LogP contribution in [-0.2, 0) is 0 Å². The number of fused-ring (bicyclic) bond motifs is 3. The molecule has 3 nitrogen and oxygen atoms in total. The predicted molar refractivity (Wildman–Crippen MR) is 58.9 cm³/mol. The SMILES string of the molecule is O=c1nc2ccccn2c2c(F)cccc12. The number of pyridine rings is 1. The van der Waals surface area contributed by atoms with Gasteiger partial charge in [0.25, 0.3) is 5.56 Å². The van der Waals surface area contributed by atoms with Crippen LogP contribution in [0.5, 0.6) is 0 Å². The molecular formula is C12H7FN2O. The molecule has 0 atom stereocenters. The zero-order valence-corrected chi connectivity index (χ0v) is 8.22. The molecule has 0 N–H and O–H groups in total. The van der Waals surface area contributed by atoms with Crippen molar-refractivity contribution in [2.45, 2.75) is 0 Å². The smallest absolute Gasteiger partial charge is 0.281 e. The first-order valence-corrected chi connectivity index (χ1v) is 4.83. The minimum absolute atomic E-state index is 0.276. The number of para-hydroxylation sites is 1. The summed E-state index contributed by atoms with van der Waals surface area (Å²) in [6.45, 7) is 0. The van der Waals surface area contributed by atoms with Crippen molar-refractivity contribution in [3.05, 3.63) is 58.8 Å². The lowest BCUT2D eigenvalue weighted by atomic mass is 10.2. The van der Waals surface area contributed by atoms with E-state index in [2.05, 4.69) is 4.98 Å². The molecule has 0 fully saturated rings. The molecule has 0 unspecified atom stereocenters. The first-order valence-electron chi connectivity index (χ1n) is 4.83. The van der Waals surface area contributed by atoms with Crippen molar-refractivity contribution in [1.29, 1.82) is 0 Å². The van der Waals surface area contributed by atoms with Crippen molar-refractivity contribution in [3.63, 3.8) is 0 Å². The van der Waals surface area contributed by atoms with Crippen molar-refractivity contribution < 1.29 is 4.39 Å². The lowest BCUT2D eigenvalue weighted by Gasteiger charge is -2.05. The van der Waals surface area contributed by atoms with Gasteiger partial charge in [-0.15, -0.1) is 0 Å². The van der Waals surface area contributed by atoms with E-state index >= 15 is 0 Å². The molecule has 0 radical (unpaired) electrons. The number of rotatable bonds is 0. The molecule has 0 aliphatic rings. The molecule has 78 valence electrons. The number of hydrogen-bond donors (Lipinski definition) is 0. The third kappa shape index (κ3) is 1.13. The molecule has 0 aliphatic heterocycles. The quantitative estimate of drug-likeness (QED) is 0.536. The minimum Gasteiger partial charge on any atom is -0.298 e. The summed E-state index contributed by atoms with van der Waals surface area (Å²) in [4.78, 5) is 15.5. The molecule has 4 heteroatoms. The van der Waals surface area contributed by atoms with Crippen LogP contribution in [0, 0.1) is 5.82 Å². The van der Waals surface area contributed by atoms with Crippen LogP contribution in [0.15, 0.2) is 47.4 Å². The summed E-state index contributed by atoms with van der Waals surface area (Å²) >= 11 is 0. The molecule has 0 amide bonds. The minimum atomic E-state index is -0.418. The molecule has 0 saturated carbocycles. The Labute approximate surface area is 89.8 Å². The van der Waals surface area contributed by atoms with Crippen molar-refractivity contribution in [2.75, 3.05) is 0 Å².